The summed E-state index contributed by atoms with van der Waals surface area (Å²) in [4.78, 5) is 11.7. The van der Waals surface area contributed by atoms with Gasteiger partial charge in [-0.05, 0) is 22.9 Å². The summed E-state index contributed by atoms with van der Waals surface area (Å²) in [5.74, 6) is 0.304. The van der Waals surface area contributed by atoms with Crippen LogP contribution in [0.1, 0.15) is 0 Å². The topological polar surface area (TPSA) is 67.2 Å². The van der Waals surface area contributed by atoms with Gasteiger partial charge in [-0.15, -0.1) is 0 Å². The number of hydrogen-bond donors (Lipinski definition) is 2. The molecule has 3 aromatic rings. The number of aromatic nitrogens is 1. The molecule has 0 aliphatic heterocycles. The molecule has 0 aliphatic rings. The van der Waals surface area contributed by atoms with Gasteiger partial charge < -0.3 is 9.84 Å². The highest BCUT2D eigenvalue weighted by molar-refractivity contribution is 6.00. The first-order valence-corrected chi connectivity index (χ1v) is 5.79. The van der Waals surface area contributed by atoms with Crippen LogP contribution in [0.3, 0.4) is 0 Å². The van der Waals surface area contributed by atoms with E-state index in [9.17, 15) is 4.79 Å². The maximum atomic E-state index is 11.7. The molecule has 94 valence electrons. The van der Waals surface area contributed by atoms with Crippen LogP contribution in [0.5, 0.6) is 0 Å². The lowest BCUT2D eigenvalue weighted by Gasteiger charge is -2.06. The second kappa shape index (κ2) is 4.81. The van der Waals surface area contributed by atoms with E-state index in [0.717, 1.165) is 16.5 Å². The zero-order valence-corrected chi connectivity index (χ0v) is 9.96. The Kier molecular flexibility index (Phi) is 2.86. The minimum Gasteiger partial charge on any atom is -0.338 e. The molecular formula is C14H11N3O2. The van der Waals surface area contributed by atoms with E-state index in [4.69, 9.17) is 4.52 Å². The van der Waals surface area contributed by atoms with Crippen molar-refractivity contribution in [2.24, 2.45) is 0 Å². The van der Waals surface area contributed by atoms with E-state index >= 15 is 0 Å². The molecule has 5 heteroatoms. The lowest BCUT2D eigenvalue weighted by Crippen LogP contribution is -2.18. The maximum absolute atomic E-state index is 11.7. The average Bonchev–Trinajstić information content (AvgIpc) is 2.91. The smallest absolute Gasteiger partial charge is 0.326 e. The third kappa shape index (κ3) is 2.55. The summed E-state index contributed by atoms with van der Waals surface area (Å²) in [5.41, 5.74) is 0.718. The molecule has 3 rings (SSSR count). The summed E-state index contributed by atoms with van der Waals surface area (Å²) in [7, 11) is 0. The van der Waals surface area contributed by atoms with E-state index in [1.54, 1.807) is 6.07 Å². The molecule has 0 spiro atoms. The molecule has 0 saturated heterocycles. The Morgan fingerprint density at radius 3 is 2.63 bits per heavy atom. The second-order valence-electron chi connectivity index (χ2n) is 4.02. The molecule has 0 aliphatic carbocycles. The predicted molar refractivity (Wildman–Crippen MR) is 73.1 cm³/mol. The Labute approximate surface area is 109 Å². The van der Waals surface area contributed by atoms with Crippen LogP contribution in [-0.2, 0) is 0 Å². The third-order valence-electron chi connectivity index (χ3n) is 2.68. The van der Waals surface area contributed by atoms with Gasteiger partial charge >= 0.3 is 6.03 Å². The van der Waals surface area contributed by atoms with Crippen LogP contribution in [0.25, 0.3) is 10.8 Å². The predicted octanol–water partition coefficient (Wildman–Crippen LogP) is 3.47. The first-order chi connectivity index (χ1) is 9.31. The summed E-state index contributed by atoms with van der Waals surface area (Å²) in [6, 6.07) is 14.9. The zero-order valence-electron chi connectivity index (χ0n) is 9.96. The second-order valence-corrected chi connectivity index (χ2v) is 4.02. The normalized spacial score (nSPS) is 10.3. The van der Waals surface area contributed by atoms with E-state index in [-0.39, 0.29) is 6.03 Å². The molecule has 2 amide bonds. The minimum absolute atomic E-state index is 0.304. The fraction of sp³-hybridized carbons (Fsp3) is 0. The quantitative estimate of drug-likeness (QED) is 0.734. The summed E-state index contributed by atoms with van der Waals surface area (Å²) in [6.45, 7) is 0. The third-order valence-corrected chi connectivity index (χ3v) is 2.68. The van der Waals surface area contributed by atoms with E-state index in [1.165, 1.54) is 6.20 Å². The van der Waals surface area contributed by atoms with Gasteiger partial charge in [0.2, 0.25) is 5.88 Å². The number of anilines is 2. The highest BCUT2D eigenvalue weighted by Crippen LogP contribution is 2.19. The minimum atomic E-state index is -0.368. The SMILES string of the molecule is O=C(Nc1ccc2ccccc2c1)Nc1ccno1. The first-order valence-electron chi connectivity index (χ1n) is 5.79. The number of rotatable bonds is 2. The zero-order chi connectivity index (χ0) is 13.1. The van der Waals surface area contributed by atoms with Gasteiger partial charge in [-0.2, -0.15) is 0 Å². The molecule has 0 fully saturated rings. The van der Waals surface area contributed by atoms with Gasteiger partial charge in [-0.1, -0.05) is 35.5 Å². The highest BCUT2D eigenvalue weighted by Gasteiger charge is 2.05. The number of hydrogen-bond acceptors (Lipinski definition) is 3. The molecule has 2 N–H and O–H groups in total. The van der Waals surface area contributed by atoms with Gasteiger partial charge in [0.1, 0.15) is 0 Å². The molecule has 0 radical (unpaired) electrons. The molecular weight excluding hydrogens is 242 g/mol. The summed E-state index contributed by atoms with van der Waals surface area (Å²) in [5, 5.41) is 11.0. The molecule has 1 heterocycles. The Morgan fingerprint density at radius 1 is 1.00 bits per heavy atom. The molecule has 0 saturated carbocycles. The van der Waals surface area contributed by atoms with E-state index in [0.29, 0.717) is 5.88 Å². The fourth-order valence-corrected chi connectivity index (χ4v) is 1.82. The first kappa shape index (κ1) is 11.3. The molecule has 2 aromatic carbocycles. The highest BCUT2D eigenvalue weighted by atomic mass is 16.5. The summed E-state index contributed by atoms with van der Waals surface area (Å²) >= 11 is 0. The van der Waals surface area contributed by atoms with Crippen molar-refractivity contribution in [3.05, 3.63) is 54.7 Å². The van der Waals surface area contributed by atoms with Gasteiger partial charge in [-0.3, -0.25) is 5.32 Å². The van der Waals surface area contributed by atoms with Crippen LogP contribution in [-0.4, -0.2) is 11.2 Å². The van der Waals surface area contributed by atoms with Crippen LogP contribution in [0.2, 0.25) is 0 Å². The van der Waals surface area contributed by atoms with Crippen molar-refractivity contribution < 1.29 is 9.32 Å². The van der Waals surface area contributed by atoms with Crippen LogP contribution >= 0.6 is 0 Å². The standard InChI is InChI=1S/C14H11N3O2/c18-14(17-13-7-8-15-19-13)16-12-6-5-10-3-1-2-4-11(10)9-12/h1-9H,(H2,16,17,18). The van der Waals surface area contributed by atoms with E-state index in [1.807, 2.05) is 42.5 Å². The number of benzene rings is 2. The Bertz CT molecular complexity index is 708. The van der Waals surface area contributed by atoms with Crippen molar-refractivity contribution in [3.8, 4) is 0 Å². The maximum Gasteiger partial charge on any atom is 0.326 e. The Hall–Kier alpha value is -2.82. The largest absolute Gasteiger partial charge is 0.338 e. The Balaban J connectivity index is 1.75. The van der Waals surface area contributed by atoms with Crippen LogP contribution in [0, 0.1) is 0 Å². The molecule has 0 atom stereocenters. The molecule has 1 aromatic heterocycles. The van der Waals surface area contributed by atoms with Crippen molar-refractivity contribution in [1.82, 2.24) is 5.16 Å². The number of nitrogens with one attached hydrogen (secondary N) is 2. The van der Waals surface area contributed by atoms with Crippen molar-refractivity contribution in [1.29, 1.82) is 0 Å². The molecule has 0 unspecified atom stereocenters. The lowest BCUT2D eigenvalue weighted by molar-refractivity contribution is 0.261. The van der Waals surface area contributed by atoms with Gasteiger partial charge in [0.25, 0.3) is 0 Å². The number of carbonyl (C=O) groups is 1. The lowest BCUT2D eigenvalue weighted by atomic mass is 10.1. The van der Waals surface area contributed by atoms with Crippen molar-refractivity contribution in [3.63, 3.8) is 0 Å². The number of urea groups is 1. The molecule has 5 nitrogen and oxygen atoms in total. The fourth-order valence-electron chi connectivity index (χ4n) is 1.82. The van der Waals surface area contributed by atoms with Gasteiger partial charge in [0.15, 0.2) is 0 Å². The monoisotopic (exact) mass is 253 g/mol. The number of amides is 2. The number of carbonyl (C=O) groups excluding carboxylic acids is 1. The molecule has 0 bridgehead atoms. The average molecular weight is 253 g/mol. The van der Waals surface area contributed by atoms with Gasteiger partial charge in [0.05, 0.1) is 6.20 Å². The number of nitrogens with zero attached hydrogens (tertiary/aromatic N) is 1. The van der Waals surface area contributed by atoms with Crippen LogP contribution in [0.4, 0.5) is 16.4 Å². The summed E-state index contributed by atoms with van der Waals surface area (Å²) < 4.78 is 4.79. The van der Waals surface area contributed by atoms with E-state index < -0.39 is 0 Å². The number of fused-ring (bicyclic) bond motifs is 1. The van der Waals surface area contributed by atoms with Gasteiger partial charge in [-0.25, -0.2) is 4.79 Å². The van der Waals surface area contributed by atoms with Crippen molar-refractivity contribution in [2.75, 3.05) is 10.6 Å². The molecule has 19 heavy (non-hydrogen) atoms. The van der Waals surface area contributed by atoms with E-state index in [2.05, 4.69) is 15.8 Å². The van der Waals surface area contributed by atoms with Crippen LogP contribution in [0.15, 0.2) is 59.3 Å². The Morgan fingerprint density at radius 2 is 1.84 bits per heavy atom. The summed E-state index contributed by atoms with van der Waals surface area (Å²) in [6.07, 6.45) is 1.46. The van der Waals surface area contributed by atoms with Crippen LogP contribution < -0.4 is 10.6 Å². The van der Waals surface area contributed by atoms with Crippen molar-refractivity contribution in [2.45, 2.75) is 0 Å². The van der Waals surface area contributed by atoms with Crippen molar-refractivity contribution >= 4 is 28.4 Å². The van der Waals surface area contributed by atoms with Gasteiger partial charge in [0, 0.05) is 11.8 Å².